The monoisotopic (exact) mass is 458 g/mol. The summed E-state index contributed by atoms with van der Waals surface area (Å²) in [5.74, 6) is 1.05. The fraction of sp³-hybridized carbons (Fsp3) is 0.370. The predicted octanol–water partition coefficient (Wildman–Crippen LogP) is 3.36. The Kier molecular flexibility index (Phi) is 4.76. The van der Waals surface area contributed by atoms with Crippen LogP contribution in [0.2, 0.25) is 0 Å². The minimum atomic E-state index is -0.345. The number of anilines is 1. The third kappa shape index (κ3) is 2.99. The van der Waals surface area contributed by atoms with E-state index in [4.69, 9.17) is 9.47 Å². The Morgan fingerprint density at radius 3 is 2.26 bits per heavy atom. The van der Waals surface area contributed by atoms with Gasteiger partial charge in [-0.2, -0.15) is 0 Å². The molecule has 7 nitrogen and oxygen atoms in total. The molecular formula is C27H26N2O5. The van der Waals surface area contributed by atoms with E-state index in [2.05, 4.69) is 12.2 Å². The van der Waals surface area contributed by atoms with Crippen molar-refractivity contribution in [2.75, 3.05) is 25.8 Å². The fourth-order valence-corrected chi connectivity index (χ4v) is 6.31. The lowest BCUT2D eigenvalue weighted by Gasteiger charge is -2.37. The van der Waals surface area contributed by atoms with Crippen LogP contribution < -0.4 is 14.4 Å². The van der Waals surface area contributed by atoms with Crippen LogP contribution in [0.25, 0.3) is 0 Å². The standard InChI is InChI=1S/C27H26N2O5/c1-33-16-7-5-6-15(12-16)25(30)28(21-8-3-4-9-22(21)34-2)14-29-26(31)23-17-10-11-18(20-13-19(17)20)24(23)27(29)32/h3-12,17-20,23-24H,13-14H2,1-2H3/t17-,18-,19-,20-,23-,24+/m0/s1. The highest BCUT2D eigenvalue weighted by Crippen LogP contribution is 2.65. The van der Waals surface area contributed by atoms with E-state index < -0.39 is 0 Å². The van der Waals surface area contributed by atoms with Crippen LogP contribution in [0.5, 0.6) is 11.5 Å². The maximum atomic E-state index is 13.8. The predicted molar refractivity (Wildman–Crippen MR) is 124 cm³/mol. The Hall–Kier alpha value is -3.61. The molecule has 7 rings (SSSR count). The van der Waals surface area contributed by atoms with Crippen molar-refractivity contribution < 1.29 is 23.9 Å². The van der Waals surface area contributed by atoms with Gasteiger partial charge in [0.2, 0.25) is 11.8 Å². The average Bonchev–Trinajstić information content (AvgIpc) is 3.67. The van der Waals surface area contributed by atoms with Crippen LogP contribution in [0, 0.1) is 35.5 Å². The molecule has 1 saturated heterocycles. The van der Waals surface area contributed by atoms with Gasteiger partial charge in [-0.3, -0.25) is 24.2 Å². The molecule has 2 saturated carbocycles. The molecule has 174 valence electrons. The molecule has 5 aliphatic rings. The highest BCUT2D eigenvalue weighted by molar-refractivity contribution is 6.10. The highest BCUT2D eigenvalue weighted by atomic mass is 16.5. The van der Waals surface area contributed by atoms with E-state index in [-0.39, 0.29) is 48.1 Å². The molecule has 0 spiro atoms. The number of benzene rings is 2. The molecule has 0 unspecified atom stereocenters. The number of ether oxygens (including phenoxy) is 2. The number of para-hydroxylation sites is 2. The number of likely N-dealkylation sites (tertiary alicyclic amines) is 1. The van der Waals surface area contributed by atoms with E-state index in [0.29, 0.717) is 34.6 Å². The lowest BCUT2D eigenvalue weighted by atomic mass is 9.63. The van der Waals surface area contributed by atoms with Gasteiger partial charge < -0.3 is 9.47 Å². The summed E-state index contributed by atoms with van der Waals surface area (Å²) < 4.78 is 10.8. The second-order valence-corrected chi connectivity index (χ2v) is 9.54. The van der Waals surface area contributed by atoms with Crippen LogP contribution in [0.1, 0.15) is 16.8 Å². The maximum Gasteiger partial charge on any atom is 0.260 e. The zero-order valence-corrected chi connectivity index (χ0v) is 19.1. The first-order chi connectivity index (χ1) is 16.5. The van der Waals surface area contributed by atoms with E-state index in [1.165, 1.54) is 24.0 Å². The normalized spacial score (nSPS) is 30.1. The maximum absolute atomic E-state index is 13.8. The van der Waals surface area contributed by atoms with Gasteiger partial charge in [-0.05, 0) is 60.4 Å². The first-order valence-electron chi connectivity index (χ1n) is 11.7. The quantitative estimate of drug-likeness (QED) is 0.490. The molecule has 2 aromatic carbocycles. The lowest BCUT2D eigenvalue weighted by Crippen LogP contribution is -2.45. The van der Waals surface area contributed by atoms with Crippen LogP contribution in [-0.4, -0.2) is 43.5 Å². The summed E-state index contributed by atoms with van der Waals surface area (Å²) >= 11 is 0. The molecule has 2 aromatic rings. The minimum Gasteiger partial charge on any atom is -0.497 e. The molecule has 0 N–H and O–H groups in total. The molecule has 7 heteroatoms. The summed E-state index contributed by atoms with van der Waals surface area (Å²) in [5.41, 5.74) is 0.891. The Bertz CT molecular complexity index is 1190. The Labute approximate surface area is 197 Å². The molecule has 6 atom stereocenters. The van der Waals surface area contributed by atoms with E-state index in [9.17, 15) is 14.4 Å². The lowest BCUT2D eigenvalue weighted by molar-refractivity contribution is -0.140. The Balaban J connectivity index is 1.37. The van der Waals surface area contributed by atoms with Crippen molar-refractivity contribution in [1.29, 1.82) is 0 Å². The molecule has 2 bridgehead atoms. The zero-order chi connectivity index (χ0) is 23.6. The number of allylic oxidation sites excluding steroid dienone is 2. The molecule has 0 radical (unpaired) electrons. The summed E-state index contributed by atoms with van der Waals surface area (Å²) in [6.07, 6.45) is 5.40. The van der Waals surface area contributed by atoms with Crippen LogP contribution in [0.4, 0.5) is 5.69 Å². The number of rotatable bonds is 6. The number of nitrogens with zero attached hydrogens (tertiary/aromatic N) is 2. The molecule has 3 fully saturated rings. The van der Waals surface area contributed by atoms with E-state index in [0.717, 1.165) is 6.42 Å². The number of imide groups is 1. The van der Waals surface area contributed by atoms with Gasteiger partial charge in [0.25, 0.3) is 5.91 Å². The van der Waals surface area contributed by atoms with Crippen molar-refractivity contribution in [1.82, 2.24) is 4.90 Å². The van der Waals surface area contributed by atoms with E-state index in [1.54, 1.807) is 42.5 Å². The fourth-order valence-electron chi connectivity index (χ4n) is 6.31. The zero-order valence-electron chi connectivity index (χ0n) is 19.1. The van der Waals surface area contributed by atoms with Crippen molar-refractivity contribution >= 4 is 23.4 Å². The summed E-state index contributed by atoms with van der Waals surface area (Å²) in [6, 6.07) is 14.0. The van der Waals surface area contributed by atoms with Crippen LogP contribution in [0.15, 0.2) is 60.7 Å². The van der Waals surface area contributed by atoms with Crippen LogP contribution in [0.3, 0.4) is 0 Å². The Morgan fingerprint density at radius 1 is 0.941 bits per heavy atom. The van der Waals surface area contributed by atoms with Crippen molar-refractivity contribution in [3.8, 4) is 11.5 Å². The van der Waals surface area contributed by atoms with E-state index >= 15 is 0 Å². The number of methoxy groups -OCH3 is 2. The molecule has 3 amide bonds. The van der Waals surface area contributed by atoms with Crippen LogP contribution in [-0.2, 0) is 9.59 Å². The van der Waals surface area contributed by atoms with Gasteiger partial charge in [0.15, 0.2) is 0 Å². The largest absolute Gasteiger partial charge is 0.497 e. The third-order valence-corrected chi connectivity index (χ3v) is 7.97. The molecular weight excluding hydrogens is 432 g/mol. The average molecular weight is 459 g/mol. The first kappa shape index (κ1) is 21.0. The molecule has 34 heavy (non-hydrogen) atoms. The summed E-state index contributed by atoms with van der Waals surface area (Å²) in [6.45, 7) is -0.157. The third-order valence-electron chi connectivity index (χ3n) is 7.97. The minimum absolute atomic E-state index is 0.134. The van der Waals surface area contributed by atoms with Gasteiger partial charge in [-0.15, -0.1) is 0 Å². The number of amides is 3. The number of hydrogen-bond donors (Lipinski definition) is 0. The Morgan fingerprint density at radius 2 is 1.62 bits per heavy atom. The summed E-state index contributed by atoms with van der Waals surface area (Å²) in [7, 11) is 3.07. The number of carbonyl (C=O) groups excluding carboxylic acids is 3. The van der Waals surface area contributed by atoms with Crippen molar-refractivity contribution in [2.24, 2.45) is 35.5 Å². The van der Waals surface area contributed by atoms with Crippen molar-refractivity contribution in [3.05, 3.63) is 66.2 Å². The molecule has 1 aliphatic heterocycles. The van der Waals surface area contributed by atoms with E-state index in [1.807, 2.05) is 6.07 Å². The van der Waals surface area contributed by atoms with Gasteiger partial charge in [-0.1, -0.05) is 30.4 Å². The van der Waals surface area contributed by atoms with Crippen molar-refractivity contribution in [3.63, 3.8) is 0 Å². The number of hydrogen-bond acceptors (Lipinski definition) is 5. The second kappa shape index (κ2) is 7.72. The van der Waals surface area contributed by atoms with Crippen LogP contribution >= 0.6 is 0 Å². The SMILES string of the molecule is COc1cccc(C(=O)N(CN2C(=O)[C@@H]3[C@H]4C=C[C@@H]([C@@H]5C[C@@H]45)[C@@H]3C2=O)c2ccccc2OC)c1. The summed E-state index contributed by atoms with van der Waals surface area (Å²) in [4.78, 5) is 43.6. The second-order valence-electron chi connectivity index (χ2n) is 9.54. The topological polar surface area (TPSA) is 76.2 Å². The number of carbonyl (C=O) groups is 3. The van der Waals surface area contributed by atoms with Gasteiger partial charge in [0.05, 0.1) is 31.7 Å². The molecule has 0 aromatic heterocycles. The van der Waals surface area contributed by atoms with Crippen molar-refractivity contribution in [2.45, 2.75) is 6.42 Å². The highest BCUT2D eigenvalue weighted by Gasteiger charge is 2.67. The van der Waals surface area contributed by atoms with Gasteiger partial charge >= 0.3 is 0 Å². The summed E-state index contributed by atoms with van der Waals surface area (Å²) in [5, 5.41) is 0. The smallest absolute Gasteiger partial charge is 0.260 e. The van der Waals surface area contributed by atoms with Gasteiger partial charge in [0.1, 0.15) is 18.2 Å². The molecule has 4 aliphatic carbocycles. The first-order valence-corrected chi connectivity index (χ1v) is 11.7. The van der Waals surface area contributed by atoms with Gasteiger partial charge in [-0.25, -0.2) is 0 Å². The van der Waals surface area contributed by atoms with Gasteiger partial charge in [0, 0.05) is 5.56 Å². The molecule has 1 heterocycles.